The lowest BCUT2D eigenvalue weighted by Crippen LogP contribution is -2.41. The molecule has 26 heavy (non-hydrogen) atoms. The average molecular weight is 373 g/mol. The number of furan rings is 1. The standard InChI is InChI=1S/C18H16FN3O3S/c1-11(21-17(24)13-5-6-25-10-13)16(23)22-18-20-9-15(26-18)8-12-3-2-4-14(19)7-12/h2-7,9-11H,8H2,1H3,(H,21,24)(H,20,22,23)/t11-/m1/s1. The van der Waals surface area contributed by atoms with Gasteiger partial charge in [0, 0.05) is 17.5 Å². The van der Waals surface area contributed by atoms with Crippen LogP contribution in [0.4, 0.5) is 9.52 Å². The van der Waals surface area contributed by atoms with Crippen molar-refractivity contribution in [1.29, 1.82) is 0 Å². The second kappa shape index (κ2) is 7.92. The van der Waals surface area contributed by atoms with E-state index in [4.69, 9.17) is 4.42 Å². The van der Waals surface area contributed by atoms with Crippen molar-refractivity contribution in [2.24, 2.45) is 0 Å². The number of aromatic nitrogens is 1. The first-order valence-electron chi connectivity index (χ1n) is 7.84. The van der Waals surface area contributed by atoms with Crippen molar-refractivity contribution in [3.05, 3.63) is 70.9 Å². The summed E-state index contributed by atoms with van der Waals surface area (Å²) in [5, 5.41) is 5.67. The van der Waals surface area contributed by atoms with Crippen LogP contribution in [0.5, 0.6) is 0 Å². The van der Waals surface area contributed by atoms with Crippen LogP contribution < -0.4 is 10.6 Å². The van der Waals surface area contributed by atoms with Gasteiger partial charge in [0.25, 0.3) is 5.91 Å². The molecular formula is C18H16FN3O3S. The summed E-state index contributed by atoms with van der Waals surface area (Å²) in [4.78, 5) is 29.2. The zero-order valence-corrected chi connectivity index (χ0v) is 14.7. The molecule has 6 nitrogen and oxygen atoms in total. The number of hydrogen-bond acceptors (Lipinski definition) is 5. The van der Waals surface area contributed by atoms with Crippen molar-refractivity contribution in [1.82, 2.24) is 10.3 Å². The van der Waals surface area contributed by atoms with Crippen molar-refractivity contribution in [2.45, 2.75) is 19.4 Å². The Bertz CT molecular complexity index is 908. The topological polar surface area (TPSA) is 84.2 Å². The molecule has 0 spiro atoms. The first kappa shape index (κ1) is 17.8. The highest BCUT2D eigenvalue weighted by molar-refractivity contribution is 7.15. The number of amides is 2. The highest BCUT2D eigenvalue weighted by Gasteiger charge is 2.18. The molecule has 0 saturated heterocycles. The van der Waals surface area contributed by atoms with E-state index in [1.165, 1.54) is 42.1 Å². The molecule has 2 amide bonds. The molecule has 3 rings (SSSR count). The van der Waals surface area contributed by atoms with Gasteiger partial charge in [0.05, 0.1) is 11.8 Å². The molecule has 0 saturated carbocycles. The van der Waals surface area contributed by atoms with Gasteiger partial charge in [0.2, 0.25) is 5.91 Å². The fourth-order valence-corrected chi connectivity index (χ4v) is 3.10. The van der Waals surface area contributed by atoms with Gasteiger partial charge >= 0.3 is 0 Å². The molecule has 0 unspecified atom stereocenters. The number of benzene rings is 1. The highest BCUT2D eigenvalue weighted by Crippen LogP contribution is 2.21. The van der Waals surface area contributed by atoms with Gasteiger partial charge in [-0.25, -0.2) is 9.37 Å². The zero-order chi connectivity index (χ0) is 18.5. The molecule has 0 fully saturated rings. The number of hydrogen-bond donors (Lipinski definition) is 2. The molecule has 0 aliphatic rings. The third-order valence-corrected chi connectivity index (χ3v) is 4.49. The number of thiazole rings is 1. The second-order valence-electron chi connectivity index (χ2n) is 5.63. The Labute approximate surface area is 153 Å². The number of carbonyl (C=O) groups excluding carboxylic acids is 2. The maximum atomic E-state index is 13.2. The highest BCUT2D eigenvalue weighted by atomic mass is 32.1. The van der Waals surface area contributed by atoms with Gasteiger partial charge in [-0.1, -0.05) is 12.1 Å². The van der Waals surface area contributed by atoms with E-state index < -0.39 is 11.9 Å². The number of anilines is 1. The molecule has 0 radical (unpaired) electrons. The summed E-state index contributed by atoms with van der Waals surface area (Å²) in [6, 6.07) is 7.10. The Balaban J connectivity index is 1.56. The molecule has 8 heteroatoms. The van der Waals surface area contributed by atoms with Gasteiger partial charge in [-0.2, -0.15) is 0 Å². The lowest BCUT2D eigenvalue weighted by molar-refractivity contribution is -0.117. The van der Waals surface area contributed by atoms with E-state index >= 15 is 0 Å². The lowest BCUT2D eigenvalue weighted by atomic mass is 10.1. The first-order chi connectivity index (χ1) is 12.5. The van der Waals surface area contributed by atoms with Crippen LogP contribution in [0.1, 0.15) is 27.7 Å². The number of rotatable bonds is 6. The van der Waals surface area contributed by atoms with Crippen LogP contribution in [-0.4, -0.2) is 22.8 Å². The minimum absolute atomic E-state index is 0.289. The third-order valence-electron chi connectivity index (χ3n) is 3.58. The molecular weight excluding hydrogens is 357 g/mol. The van der Waals surface area contributed by atoms with Crippen molar-refractivity contribution in [3.8, 4) is 0 Å². The Kier molecular flexibility index (Phi) is 5.43. The fraction of sp³-hybridized carbons (Fsp3) is 0.167. The van der Waals surface area contributed by atoms with Crippen molar-refractivity contribution in [2.75, 3.05) is 5.32 Å². The van der Waals surface area contributed by atoms with Crippen LogP contribution in [0.2, 0.25) is 0 Å². The SMILES string of the molecule is C[C@@H](NC(=O)c1ccoc1)C(=O)Nc1ncc(Cc2cccc(F)c2)s1. The number of nitrogens with zero attached hydrogens (tertiary/aromatic N) is 1. The zero-order valence-electron chi connectivity index (χ0n) is 13.9. The first-order valence-corrected chi connectivity index (χ1v) is 8.66. The predicted octanol–water partition coefficient (Wildman–Crippen LogP) is 3.22. The largest absolute Gasteiger partial charge is 0.472 e. The minimum Gasteiger partial charge on any atom is -0.472 e. The summed E-state index contributed by atoms with van der Waals surface area (Å²) >= 11 is 1.30. The van der Waals surface area contributed by atoms with Crippen molar-refractivity contribution in [3.63, 3.8) is 0 Å². The van der Waals surface area contributed by atoms with Gasteiger partial charge in [0.1, 0.15) is 18.1 Å². The molecule has 1 aromatic carbocycles. The van der Waals surface area contributed by atoms with E-state index in [0.717, 1.165) is 10.4 Å². The van der Waals surface area contributed by atoms with Gasteiger partial charge in [-0.15, -0.1) is 11.3 Å². The van der Waals surface area contributed by atoms with E-state index in [2.05, 4.69) is 15.6 Å². The van der Waals surface area contributed by atoms with E-state index in [1.54, 1.807) is 19.2 Å². The summed E-state index contributed by atoms with van der Waals surface area (Å²) in [6.45, 7) is 1.58. The normalized spacial score (nSPS) is 11.8. The van der Waals surface area contributed by atoms with Crippen molar-refractivity contribution >= 4 is 28.3 Å². The molecule has 0 aliphatic heterocycles. The predicted molar refractivity (Wildman–Crippen MR) is 95.6 cm³/mol. The molecule has 1 atom stereocenters. The molecule has 3 aromatic rings. The van der Waals surface area contributed by atoms with Gasteiger partial charge in [-0.3, -0.25) is 9.59 Å². The van der Waals surface area contributed by atoms with Crippen LogP contribution >= 0.6 is 11.3 Å². The summed E-state index contributed by atoms with van der Waals surface area (Å²) < 4.78 is 18.1. The van der Waals surface area contributed by atoms with Crippen LogP contribution in [-0.2, 0) is 11.2 Å². The Hall–Kier alpha value is -3.00. The number of nitrogens with one attached hydrogen (secondary N) is 2. The third kappa shape index (κ3) is 4.54. The molecule has 0 bridgehead atoms. The van der Waals surface area contributed by atoms with Crippen LogP contribution in [0.25, 0.3) is 0 Å². The quantitative estimate of drug-likeness (QED) is 0.695. The van der Waals surface area contributed by atoms with Gasteiger partial charge < -0.3 is 15.1 Å². The second-order valence-corrected chi connectivity index (χ2v) is 6.75. The monoisotopic (exact) mass is 373 g/mol. The van der Waals surface area contributed by atoms with Gasteiger partial charge in [0.15, 0.2) is 5.13 Å². The lowest BCUT2D eigenvalue weighted by Gasteiger charge is -2.12. The average Bonchev–Trinajstić information content (AvgIpc) is 3.27. The van der Waals surface area contributed by atoms with E-state index in [1.807, 2.05) is 6.07 Å². The molecule has 2 heterocycles. The van der Waals surface area contributed by atoms with E-state index in [0.29, 0.717) is 17.1 Å². The Morgan fingerprint density at radius 3 is 2.92 bits per heavy atom. The molecule has 2 aromatic heterocycles. The van der Waals surface area contributed by atoms with Crippen LogP contribution in [0.3, 0.4) is 0 Å². The fourth-order valence-electron chi connectivity index (χ4n) is 2.25. The number of carbonyl (C=O) groups is 2. The maximum Gasteiger partial charge on any atom is 0.255 e. The number of halogens is 1. The Morgan fingerprint density at radius 1 is 1.35 bits per heavy atom. The summed E-state index contributed by atoms with van der Waals surface area (Å²) in [5.74, 6) is -1.07. The van der Waals surface area contributed by atoms with Crippen LogP contribution in [0.15, 0.2) is 53.5 Å². The summed E-state index contributed by atoms with van der Waals surface area (Å²) in [7, 11) is 0. The Morgan fingerprint density at radius 2 is 2.19 bits per heavy atom. The summed E-state index contributed by atoms with van der Waals surface area (Å²) in [6.07, 6.45) is 4.85. The smallest absolute Gasteiger partial charge is 0.255 e. The van der Waals surface area contributed by atoms with Crippen molar-refractivity contribution < 1.29 is 18.4 Å². The molecule has 0 aliphatic carbocycles. The summed E-state index contributed by atoms with van der Waals surface area (Å²) in [5.41, 5.74) is 1.17. The van der Waals surface area contributed by atoms with E-state index in [9.17, 15) is 14.0 Å². The van der Waals surface area contributed by atoms with Crippen LogP contribution in [0, 0.1) is 5.82 Å². The maximum absolute atomic E-state index is 13.2. The molecule has 2 N–H and O–H groups in total. The minimum atomic E-state index is -0.743. The van der Waals surface area contributed by atoms with E-state index in [-0.39, 0.29) is 11.7 Å². The molecule has 134 valence electrons. The van der Waals surface area contributed by atoms with Gasteiger partial charge in [-0.05, 0) is 30.7 Å².